The first-order valence-corrected chi connectivity index (χ1v) is 8.82. The molecular formula is C21H28O3. The standard InChI is InChI=1S/C21H28O3/c1-17(8-4-10-19-12-13-23-15-19)6-3-7-18(2)9-5-11-20-14-21(22)24-16-20/h7-8,12-15H,3-6,9-11,16H2,1-2H3. The Kier molecular flexibility index (Phi) is 7.60. The molecule has 3 heteroatoms. The molecule has 130 valence electrons. The van der Waals surface area contributed by atoms with E-state index in [9.17, 15) is 4.79 Å². The number of carbonyl (C=O) groups is 1. The summed E-state index contributed by atoms with van der Waals surface area (Å²) in [5.41, 5.74) is 5.28. The van der Waals surface area contributed by atoms with E-state index < -0.39 is 0 Å². The molecule has 0 aromatic carbocycles. The number of ether oxygens (including phenoxy) is 1. The van der Waals surface area contributed by atoms with E-state index in [0.717, 1.165) is 50.5 Å². The Hall–Kier alpha value is -2.03. The number of rotatable bonds is 10. The SMILES string of the molecule is CC(=CCCc1ccoc1)CCC=C(C)CCCC1=CC(=O)OC1. The summed E-state index contributed by atoms with van der Waals surface area (Å²) in [6, 6.07) is 2.03. The van der Waals surface area contributed by atoms with Gasteiger partial charge in [-0.05, 0) is 76.0 Å². The van der Waals surface area contributed by atoms with Crippen LogP contribution in [0.15, 0.2) is 58.0 Å². The molecule has 0 saturated carbocycles. The van der Waals surface area contributed by atoms with E-state index in [-0.39, 0.29) is 5.97 Å². The second kappa shape index (κ2) is 9.96. The van der Waals surface area contributed by atoms with E-state index in [4.69, 9.17) is 9.15 Å². The number of aryl methyl sites for hydroxylation is 1. The van der Waals surface area contributed by atoms with Crippen LogP contribution in [0.1, 0.15) is 57.9 Å². The highest BCUT2D eigenvalue weighted by molar-refractivity contribution is 5.85. The molecule has 0 unspecified atom stereocenters. The van der Waals surface area contributed by atoms with Crippen molar-refractivity contribution in [1.29, 1.82) is 0 Å². The number of esters is 1. The predicted octanol–water partition coefficient (Wildman–Crippen LogP) is 5.54. The lowest BCUT2D eigenvalue weighted by Crippen LogP contribution is -1.92. The van der Waals surface area contributed by atoms with Gasteiger partial charge >= 0.3 is 5.97 Å². The maximum Gasteiger partial charge on any atom is 0.331 e. The Morgan fingerprint density at radius 2 is 1.92 bits per heavy atom. The van der Waals surface area contributed by atoms with Crippen molar-refractivity contribution in [2.75, 3.05) is 6.61 Å². The molecule has 0 fully saturated rings. The largest absolute Gasteiger partial charge is 0.472 e. The van der Waals surface area contributed by atoms with Crippen LogP contribution < -0.4 is 0 Å². The first-order chi connectivity index (χ1) is 11.6. The van der Waals surface area contributed by atoms with Gasteiger partial charge in [0, 0.05) is 6.08 Å². The van der Waals surface area contributed by atoms with Crippen LogP contribution >= 0.6 is 0 Å². The second-order valence-electron chi connectivity index (χ2n) is 6.57. The summed E-state index contributed by atoms with van der Waals surface area (Å²) in [5.74, 6) is -0.188. The molecule has 24 heavy (non-hydrogen) atoms. The van der Waals surface area contributed by atoms with E-state index in [2.05, 4.69) is 26.0 Å². The monoisotopic (exact) mass is 328 g/mol. The Bertz CT molecular complexity index is 603. The van der Waals surface area contributed by atoms with Crippen LogP contribution in [0.2, 0.25) is 0 Å². The third-order valence-electron chi connectivity index (χ3n) is 4.33. The number of cyclic esters (lactones) is 1. The van der Waals surface area contributed by atoms with E-state index in [1.54, 1.807) is 12.3 Å². The van der Waals surface area contributed by atoms with Crippen LogP contribution in [0.25, 0.3) is 0 Å². The van der Waals surface area contributed by atoms with Gasteiger partial charge in [-0.25, -0.2) is 4.79 Å². The first kappa shape index (κ1) is 18.3. The van der Waals surface area contributed by atoms with Crippen molar-refractivity contribution in [3.8, 4) is 0 Å². The zero-order valence-electron chi connectivity index (χ0n) is 14.8. The Morgan fingerprint density at radius 1 is 1.12 bits per heavy atom. The normalized spacial score (nSPS) is 15.6. The second-order valence-corrected chi connectivity index (χ2v) is 6.57. The topological polar surface area (TPSA) is 39.4 Å². The highest BCUT2D eigenvalue weighted by Gasteiger charge is 2.11. The zero-order chi connectivity index (χ0) is 17.2. The highest BCUT2D eigenvalue weighted by Crippen LogP contribution is 2.17. The van der Waals surface area contributed by atoms with Crippen molar-refractivity contribution >= 4 is 5.97 Å². The fourth-order valence-electron chi connectivity index (χ4n) is 2.82. The Morgan fingerprint density at radius 3 is 2.62 bits per heavy atom. The quantitative estimate of drug-likeness (QED) is 0.418. The summed E-state index contributed by atoms with van der Waals surface area (Å²) in [6.07, 6.45) is 17.3. The zero-order valence-corrected chi connectivity index (χ0v) is 14.8. The van der Waals surface area contributed by atoms with Gasteiger partial charge in [0.05, 0.1) is 12.5 Å². The van der Waals surface area contributed by atoms with Crippen molar-refractivity contribution in [2.45, 2.75) is 58.8 Å². The van der Waals surface area contributed by atoms with E-state index in [0.29, 0.717) is 6.61 Å². The molecule has 0 saturated heterocycles. The number of hydrogen-bond donors (Lipinski definition) is 0. The molecule has 0 bridgehead atoms. The minimum Gasteiger partial charge on any atom is -0.472 e. The Labute approximate surface area is 145 Å². The van der Waals surface area contributed by atoms with Crippen LogP contribution in [0.5, 0.6) is 0 Å². The number of allylic oxidation sites excluding steroid dienone is 4. The summed E-state index contributed by atoms with van der Waals surface area (Å²) in [5, 5.41) is 0. The van der Waals surface area contributed by atoms with Crippen molar-refractivity contribution in [1.82, 2.24) is 0 Å². The average Bonchev–Trinajstić information content (AvgIpc) is 3.19. The van der Waals surface area contributed by atoms with Crippen molar-refractivity contribution in [3.63, 3.8) is 0 Å². The molecular weight excluding hydrogens is 300 g/mol. The maximum atomic E-state index is 11.0. The van der Waals surface area contributed by atoms with E-state index in [1.807, 2.05) is 12.3 Å². The number of hydrogen-bond acceptors (Lipinski definition) is 3. The third kappa shape index (κ3) is 7.03. The minimum atomic E-state index is -0.188. The first-order valence-electron chi connectivity index (χ1n) is 8.82. The molecule has 0 N–H and O–H groups in total. The van der Waals surface area contributed by atoms with Crippen LogP contribution in [-0.4, -0.2) is 12.6 Å². The fourth-order valence-corrected chi connectivity index (χ4v) is 2.82. The lowest BCUT2D eigenvalue weighted by Gasteiger charge is -2.03. The van der Waals surface area contributed by atoms with Crippen LogP contribution in [-0.2, 0) is 16.0 Å². The lowest BCUT2D eigenvalue weighted by molar-refractivity contribution is -0.134. The van der Waals surface area contributed by atoms with Gasteiger partial charge in [0.15, 0.2) is 0 Å². The third-order valence-corrected chi connectivity index (χ3v) is 4.33. The van der Waals surface area contributed by atoms with Crippen LogP contribution in [0, 0.1) is 0 Å². The molecule has 0 atom stereocenters. The van der Waals surface area contributed by atoms with E-state index >= 15 is 0 Å². The number of furan rings is 1. The van der Waals surface area contributed by atoms with Gasteiger partial charge in [-0.3, -0.25) is 0 Å². The van der Waals surface area contributed by atoms with Crippen LogP contribution in [0.4, 0.5) is 0 Å². The molecule has 2 heterocycles. The maximum absolute atomic E-state index is 11.0. The van der Waals surface area contributed by atoms with Crippen molar-refractivity contribution in [2.24, 2.45) is 0 Å². The minimum absolute atomic E-state index is 0.188. The average molecular weight is 328 g/mol. The van der Waals surface area contributed by atoms with Crippen molar-refractivity contribution < 1.29 is 13.9 Å². The van der Waals surface area contributed by atoms with Gasteiger partial charge in [0.1, 0.15) is 6.61 Å². The molecule has 1 aliphatic heterocycles. The van der Waals surface area contributed by atoms with Crippen LogP contribution in [0.3, 0.4) is 0 Å². The molecule has 1 aromatic rings. The predicted molar refractivity (Wildman–Crippen MR) is 96.7 cm³/mol. The molecule has 2 rings (SSSR count). The van der Waals surface area contributed by atoms with Gasteiger partial charge in [-0.1, -0.05) is 23.3 Å². The van der Waals surface area contributed by atoms with E-state index in [1.165, 1.54) is 16.7 Å². The van der Waals surface area contributed by atoms with Gasteiger partial charge in [0.25, 0.3) is 0 Å². The van der Waals surface area contributed by atoms with Gasteiger partial charge in [-0.2, -0.15) is 0 Å². The molecule has 1 aliphatic rings. The van der Waals surface area contributed by atoms with Gasteiger partial charge < -0.3 is 9.15 Å². The van der Waals surface area contributed by atoms with Gasteiger partial charge in [0.2, 0.25) is 0 Å². The Balaban J connectivity index is 1.57. The summed E-state index contributed by atoms with van der Waals surface area (Å²) < 4.78 is 9.99. The molecule has 0 aliphatic carbocycles. The number of carbonyl (C=O) groups excluding carboxylic acids is 1. The lowest BCUT2D eigenvalue weighted by atomic mass is 10.0. The molecule has 0 amide bonds. The summed E-state index contributed by atoms with van der Waals surface area (Å²) >= 11 is 0. The highest BCUT2D eigenvalue weighted by atomic mass is 16.5. The fraction of sp³-hybridized carbons (Fsp3) is 0.476. The molecule has 1 aromatic heterocycles. The summed E-state index contributed by atoms with van der Waals surface area (Å²) in [7, 11) is 0. The van der Waals surface area contributed by atoms with Crippen molar-refractivity contribution in [3.05, 3.63) is 59.1 Å². The summed E-state index contributed by atoms with van der Waals surface area (Å²) in [4.78, 5) is 11.0. The molecule has 0 radical (unpaired) electrons. The van der Waals surface area contributed by atoms with Gasteiger partial charge in [-0.15, -0.1) is 0 Å². The summed E-state index contributed by atoms with van der Waals surface area (Å²) in [6.45, 7) is 4.90. The smallest absolute Gasteiger partial charge is 0.331 e. The molecule has 3 nitrogen and oxygen atoms in total. The molecule has 0 spiro atoms.